The molecule has 0 bridgehead atoms. The molecule has 25 heavy (non-hydrogen) atoms. The van der Waals surface area contributed by atoms with Gasteiger partial charge in [-0.2, -0.15) is 0 Å². The summed E-state index contributed by atoms with van der Waals surface area (Å²) in [6.45, 7) is 6.37. The number of methoxy groups -OCH3 is 1. The standard InChI is InChI=1S/C21H24N2O2/c1-13-9-16(25-4)10-17-18(13)12-21(2,3)23-19(17)11-20(24)14-5-7-15(22)8-6-14/h5-11,23H,12,22H2,1-4H3/b19-11-. The molecule has 1 aliphatic heterocycles. The van der Waals surface area contributed by atoms with Crippen molar-refractivity contribution < 1.29 is 9.53 Å². The number of nitrogens with two attached hydrogens (primary N) is 1. The highest BCUT2D eigenvalue weighted by Gasteiger charge is 2.29. The van der Waals surface area contributed by atoms with Crippen LogP contribution in [0.5, 0.6) is 5.75 Å². The molecule has 2 aromatic carbocycles. The van der Waals surface area contributed by atoms with Crippen LogP contribution in [-0.2, 0) is 6.42 Å². The van der Waals surface area contributed by atoms with Gasteiger partial charge in [0.05, 0.1) is 7.11 Å². The summed E-state index contributed by atoms with van der Waals surface area (Å²) in [6.07, 6.45) is 2.57. The average Bonchev–Trinajstić information content (AvgIpc) is 2.55. The highest BCUT2D eigenvalue weighted by Crippen LogP contribution is 2.34. The van der Waals surface area contributed by atoms with Crippen molar-refractivity contribution in [1.29, 1.82) is 0 Å². The number of nitrogens with one attached hydrogen (secondary N) is 1. The van der Waals surface area contributed by atoms with Crippen molar-refractivity contribution in [2.75, 3.05) is 12.8 Å². The molecule has 0 saturated carbocycles. The minimum Gasteiger partial charge on any atom is -0.497 e. The van der Waals surface area contributed by atoms with Crippen LogP contribution in [0.15, 0.2) is 42.5 Å². The first-order valence-corrected chi connectivity index (χ1v) is 8.37. The smallest absolute Gasteiger partial charge is 0.187 e. The Kier molecular flexibility index (Phi) is 4.29. The molecule has 0 fully saturated rings. The van der Waals surface area contributed by atoms with Crippen LogP contribution in [0.4, 0.5) is 5.69 Å². The molecular formula is C21H24N2O2. The number of carbonyl (C=O) groups excluding carboxylic acids is 1. The Balaban J connectivity index is 2.08. The third kappa shape index (κ3) is 3.53. The number of nitrogen functional groups attached to an aromatic ring is 1. The summed E-state index contributed by atoms with van der Waals surface area (Å²) in [7, 11) is 1.66. The Hall–Kier alpha value is -2.75. The molecule has 4 heteroatoms. The molecular weight excluding hydrogens is 312 g/mol. The molecule has 0 saturated heterocycles. The minimum absolute atomic E-state index is 0.0494. The number of aryl methyl sites for hydroxylation is 1. The van der Waals surface area contributed by atoms with Gasteiger partial charge in [0, 0.05) is 34.1 Å². The van der Waals surface area contributed by atoms with Crippen molar-refractivity contribution in [3.05, 3.63) is 64.7 Å². The summed E-state index contributed by atoms with van der Waals surface area (Å²) in [5.41, 5.74) is 11.1. The first-order valence-electron chi connectivity index (χ1n) is 8.37. The van der Waals surface area contributed by atoms with Gasteiger partial charge < -0.3 is 15.8 Å². The molecule has 0 amide bonds. The lowest BCUT2D eigenvalue weighted by atomic mass is 9.83. The van der Waals surface area contributed by atoms with Crippen LogP contribution in [0.2, 0.25) is 0 Å². The molecule has 0 spiro atoms. The zero-order valence-corrected chi connectivity index (χ0v) is 15.1. The number of hydrogen-bond acceptors (Lipinski definition) is 4. The Labute approximate surface area is 148 Å². The maximum atomic E-state index is 12.7. The van der Waals surface area contributed by atoms with Gasteiger partial charge in [-0.05, 0) is 74.7 Å². The molecule has 0 aromatic heterocycles. The Morgan fingerprint density at radius 2 is 1.92 bits per heavy atom. The van der Waals surface area contributed by atoms with E-state index in [0.29, 0.717) is 11.3 Å². The summed E-state index contributed by atoms with van der Waals surface area (Å²) in [4.78, 5) is 12.7. The van der Waals surface area contributed by atoms with E-state index in [1.54, 1.807) is 37.5 Å². The zero-order valence-electron chi connectivity index (χ0n) is 15.1. The maximum Gasteiger partial charge on any atom is 0.187 e. The molecule has 1 heterocycles. The quantitative estimate of drug-likeness (QED) is 0.509. The van der Waals surface area contributed by atoms with Gasteiger partial charge in [0.25, 0.3) is 0 Å². The number of benzene rings is 2. The second-order valence-electron chi connectivity index (χ2n) is 7.20. The van der Waals surface area contributed by atoms with E-state index in [9.17, 15) is 4.79 Å². The second-order valence-corrected chi connectivity index (χ2v) is 7.20. The van der Waals surface area contributed by atoms with E-state index >= 15 is 0 Å². The minimum atomic E-state index is -0.125. The van der Waals surface area contributed by atoms with E-state index in [1.807, 2.05) is 12.1 Å². The number of anilines is 1. The van der Waals surface area contributed by atoms with Crippen LogP contribution in [0.1, 0.15) is 40.9 Å². The maximum absolute atomic E-state index is 12.7. The lowest BCUT2D eigenvalue weighted by Crippen LogP contribution is -2.44. The van der Waals surface area contributed by atoms with E-state index in [-0.39, 0.29) is 11.3 Å². The van der Waals surface area contributed by atoms with Gasteiger partial charge in [0.2, 0.25) is 0 Å². The third-order valence-corrected chi connectivity index (χ3v) is 4.53. The van der Waals surface area contributed by atoms with Crippen molar-refractivity contribution in [2.24, 2.45) is 0 Å². The fourth-order valence-electron chi connectivity index (χ4n) is 3.27. The number of ketones is 1. The topological polar surface area (TPSA) is 64.3 Å². The molecule has 0 radical (unpaired) electrons. The lowest BCUT2D eigenvalue weighted by Gasteiger charge is -2.36. The van der Waals surface area contributed by atoms with Crippen LogP contribution in [0.25, 0.3) is 5.70 Å². The second kappa shape index (κ2) is 6.28. The zero-order chi connectivity index (χ0) is 18.2. The number of ether oxygens (including phenoxy) is 1. The van der Waals surface area contributed by atoms with Crippen LogP contribution in [0.3, 0.4) is 0 Å². The predicted octanol–water partition coefficient (Wildman–Crippen LogP) is 3.73. The summed E-state index contributed by atoms with van der Waals surface area (Å²) in [5, 5.41) is 3.50. The monoisotopic (exact) mass is 336 g/mol. The summed E-state index contributed by atoms with van der Waals surface area (Å²) in [6, 6.07) is 11.0. The number of carbonyl (C=O) groups is 1. The summed E-state index contributed by atoms with van der Waals surface area (Å²) in [5.74, 6) is 0.746. The number of rotatable bonds is 3. The molecule has 3 N–H and O–H groups in total. The van der Waals surface area contributed by atoms with Crippen LogP contribution < -0.4 is 15.8 Å². The van der Waals surface area contributed by atoms with Gasteiger partial charge in [-0.15, -0.1) is 0 Å². The molecule has 3 rings (SSSR count). The van der Waals surface area contributed by atoms with E-state index in [1.165, 1.54) is 11.1 Å². The van der Waals surface area contributed by atoms with Crippen molar-refractivity contribution in [3.8, 4) is 5.75 Å². The van der Waals surface area contributed by atoms with Crippen molar-refractivity contribution in [3.63, 3.8) is 0 Å². The van der Waals surface area contributed by atoms with E-state index in [4.69, 9.17) is 10.5 Å². The van der Waals surface area contributed by atoms with Crippen LogP contribution in [0, 0.1) is 6.92 Å². The highest BCUT2D eigenvalue weighted by atomic mass is 16.5. The van der Waals surface area contributed by atoms with Gasteiger partial charge in [-0.3, -0.25) is 4.79 Å². The van der Waals surface area contributed by atoms with Gasteiger partial charge in [0.1, 0.15) is 5.75 Å². The first-order chi connectivity index (χ1) is 11.8. The fraction of sp³-hybridized carbons (Fsp3) is 0.286. The molecule has 4 nitrogen and oxygen atoms in total. The van der Waals surface area contributed by atoms with E-state index in [2.05, 4.69) is 26.1 Å². The van der Waals surface area contributed by atoms with Gasteiger partial charge in [0.15, 0.2) is 5.78 Å². The fourth-order valence-corrected chi connectivity index (χ4v) is 3.27. The Morgan fingerprint density at radius 1 is 1.24 bits per heavy atom. The molecule has 0 unspecified atom stereocenters. The molecule has 1 aliphatic rings. The van der Waals surface area contributed by atoms with Gasteiger partial charge in [-0.1, -0.05) is 0 Å². The normalized spacial score (nSPS) is 16.9. The summed E-state index contributed by atoms with van der Waals surface area (Å²) < 4.78 is 5.41. The Bertz CT molecular complexity index is 849. The molecule has 2 aromatic rings. The summed E-state index contributed by atoms with van der Waals surface area (Å²) >= 11 is 0. The van der Waals surface area contributed by atoms with E-state index < -0.39 is 0 Å². The first kappa shape index (κ1) is 17.1. The largest absolute Gasteiger partial charge is 0.497 e. The van der Waals surface area contributed by atoms with Crippen molar-refractivity contribution in [1.82, 2.24) is 5.32 Å². The van der Waals surface area contributed by atoms with Crippen LogP contribution >= 0.6 is 0 Å². The lowest BCUT2D eigenvalue weighted by molar-refractivity contribution is 0.104. The van der Waals surface area contributed by atoms with Gasteiger partial charge in [-0.25, -0.2) is 0 Å². The molecule has 0 atom stereocenters. The molecule has 130 valence electrons. The third-order valence-electron chi connectivity index (χ3n) is 4.53. The Morgan fingerprint density at radius 3 is 2.56 bits per heavy atom. The van der Waals surface area contributed by atoms with E-state index in [0.717, 1.165) is 23.4 Å². The number of hydrogen-bond donors (Lipinski definition) is 2. The highest BCUT2D eigenvalue weighted by molar-refractivity contribution is 6.08. The van der Waals surface area contributed by atoms with Crippen molar-refractivity contribution in [2.45, 2.75) is 32.7 Å². The number of fused-ring (bicyclic) bond motifs is 1. The van der Waals surface area contributed by atoms with Gasteiger partial charge >= 0.3 is 0 Å². The average molecular weight is 336 g/mol. The molecule has 0 aliphatic carbocycles. The van der Waals surface area contributed by atoms with Crippen LogP contribution in [-0.4, -0.2) is 18.4 Å². The van der Waals surface area contributed by atoms with Crippen molar-refractivity contribution >= 4 is 17.2 Å². The predicted molar refractivity (Wildman–Crippen MR) is 102 cm³/mol. The SMILES string of the molecule is COc1cc(C)c2c(c1)/C(=C/C(=O)c1ccc(N)cc1)NC(C)(C)C2. The number of allylic oxidation sites excluding steroid dienone is 1.